The van der Waals surface area contributed by atoms with Gasteiger partial charge in [0.25, 0.3) is 0 Å². The van der Waals surface area contributed by atoms with Crippen molar-refractivity contribution in [3.63, 3.8) is 0 Å². The lowest BCUT2D eigenvalue weighted by Crippen LogP contribution is -2.01. The first kappa shape index (κ1) is 12.0. The van der Waals surface area contributed by atoms with Gasteiger partial charge in [-0.3, -0.25) is 0 Å². The van der Waals surface area contributed by atoms with Crippen molar-refractivity contribution in [3.8, 4) is 0 Å². The van der Waals surface area contributed by atoms with Crippen LogP contribution in [0.4, 0.5) is 0 Å². The minimum absolute atomic E-state index is 0.509. The summed E-state index contributed by atoms with van der Waals surface area (Å²) in [6.45, 7) is 10.6. The van der Waals surface area contributed by atoms with Crippen LogP contribution in [-0.4, -0.2) is 0 Å². The van der Waals surface area contributed by atoms with Gasteiger partial charge in [0, 0.05) is 5.92 Å². The molecule has 0 N–H and O–H groups in total. The molecule has 0 heterocycles. The monoisotopic (exact) mass is 202 g/mol. The SMILES string of the molecule is C=CC(CC)C1=CC(CC)C(C)=CC=C1. The molecule has 0 nitrogen and oxygen atoms in total. The fourth-order valence-electron chi connectivity index (χ4n) is 2.08. The summed E-state index contributed by atoms with van der Waals surface area (Å²) in [6.07, 6.45) is 13.4. The summed E-state index contributed by atoms with van der Waals surface area (Å²) in [7, 11) is 0. The average molecular weight is 202 g/mol. The van der Waals surface area contributed by atoms with E-state index in [1.165, 1.54) is 17.6 Å². The molecule has 2 unspecified atom stereocenters. The second-order valence-corrected chi connectivity index (χ2v) is 4.20. The predicted molar refractivity (Wildman–Crippen MR) is 68.7 cm³/mol. The van der Waals surface area contributed by atoms with E-state index in [0.29, 0.717) is 11.8 Å². The molecule has 0 bridgehead atoms. The Bertz CT molecular complexity index is 302. The average Bonchev–Trinajstić information content (AvgIpc) is 2.43. The van der Waals surface area contributed by atoms with Crippen LogP contribution in [0.1, 0.15) is 33.6 Å². The molecule has 0 saturated carbocycles. The molecule has 15 heavy (non-hydrogen) atoms. The lowest BCUT2D eigenvalue weighted by molar-refractivity contribution is 0.692. The van der Waals surface area contributed by atoms with Crippen LogP contribution in [0.25, 0.3) is 0 Å². The molecule has 0 aromatic carbocycles. The Morgan fingerprint density at radius 1 is 1.47 bits per heavy atom. The highest BCUT2D eigenvalue weighted by Gasteiger charge is 2.12. The third kappa shape index (κ3) is 2.95. The van der Waals surface area contributed by atoms with Gasteiger partial charge in [0.15, 0.2) is 0 Å². The number of rotatable bonds is 4. The van der Waals surface area contributed by atoms with Gasteiger partial charge in [-0.2, -0.15) is 0 Å². The molecule has 0 aliphatic heterocycles. The van der Waals surface area contributed by atoms with Crippen LogP contribution in [0.3, 0.4) is 0 Å². The second kappa shape index (κ2) is 5.75. The summed E-state index contributed by atoms with van der Waals surface area (Å²) < 4.78 is 0. The molecular formula is C15H22. The fraction of sp³-hybridized carbons (Fsp3) is 0.467. The van der Waals surface area contributed by atoms with Crippen molar-refractivity contribution >= 4 is 0 Å². The molecule has 0 aromatic rings. The van der Waals surface area contributed by atoms with E-state index in [1.807, 2.05) is 0 Å². The maximum absolute atomic E-state index is 3.92. The fourth-order valence-corrected chi connectivity index (χ4v) is 2.08. The molecular weight excluding hydrogens is 180 g/mol. The van der Waals surface area contributed by atoms with Crippen LogP contribution >= 0.6 is 0 Å². The summed E-state index contributed by atoms with van der Waals surface area (Å²) in [5.74, 6) is 1.11. The Balaban J connectivity index is 2.95. The lowest BCUT2D eigenvalue weighted by Gasteiger charge is -2.15. The normalized spacial score (nSPS) is 22.7. The largest absolute Gasteiger partial charge is 0.102 e. The van der Waals surface area contributed by atoms with Gasteiger partial charge in [0.1, 0.15) is 0 Å². The molecule has 0 amide bonds. The minimum Gasteiger partial charge on any atom is -0.102 e. The second-order valence-electron chi connectivity index (χ2n) is 4.20. The highest BCUT2D eigenvalue weighted by molar-refractivity contribution is 5.34. The van der Waals surface area contributed by atoms with E-state index in [-0.39, 0.29) is 0 Å². The topological polar surface area (TPSA) is 0 Å². The van der Waals surface area contributed by atoms with Gasteiger partial charge < -0.3 is 0 Å². The van der Waals surface area contributed by atoms with Crippen molar-refractivity contribution in [2.45, 2.75) is 33.6 Å². The number of hydrogen-bond donors (Lipinski definition) is 0. The van der Waals surface area contributed by atoms with Gasteiger partial charge in [-0.05, 0) is 31.3 Å². The van der Waals surface area contributed by atoms with Crippen molar-refractivity contribution in [2.24, 2.45) is 11.8 Å². The Morgan fingerprint density at radius 2 is 2.20 bits per heavy atom. The Hall–Kier alpha value is -1.04. The summed E-state index contributed by atoms with van der Waals surface area (Å²) in [5, 5.41) is 0. The van der Waals surface area contributed by atoms with E-state index in [2.05, 4.69) is 57.7 Å². The highest BCUT2D eigenvalue weighted by Crippen LogP contribution is 2.26. The van der Waals surface area contributed by atoms with E-state index < -0.39 is 0 Å². The van der Waals surface area contributed by atoms with Crippen LogP contribution in [0.2, 0.25) is 0 Å². The van der Waals surface area contributed by atoms with E-state index in [9.17, 15) is 0 Å². The van der Waals surface area contributed by atoms with Gasteiger partial charge >= 0.3 is 0 Å². The van der Waals surface area contributed by atoms with Gasteiger partial charge in [-0.25, -0.2) is 0 Å². The van der Waals surface area contributed by atoms with Crippen molar-refractivity contribution in [1.29, 1.82) is 0 Å². The first-order chi connectivity index (χ1) is 7.22. The van der Waals surface area contributed by atoms with Crippen LogP contribution in [0.15, 0.2) is 48.1 Å². The smallest absolute Gasteiger partial charge is 0.000969 e. The Morgan fingerprint density at radius 3 is 2.73 bits per heavy atom. The molecule has 0 fully saturated rings. The lowest BCUT2D eigenvalue weighted by atomic mass is 9.90. The van der Waals surface area contributed by atoms with Crippen LogP contribution in [-0.2, 0) is 0 Å². The van der Waals surface area contributed by atoms with Gasteiger partial charge in [-0.1, -0.05) is 49.8 Å². The molecule has 0 heteroatoms. The van der Waals surface area contributed by atoms with Crippen molar-refractivity contribution in [2.75, 3.05) is 0 Å². The Labute approximate surface area is 94.1 Å². The first-order valence-corrected chi connectivity index (χ1v) is 5.92. The summed E-state index contributed by atoms with van der Waals surface area (Å²) >= 11 is 0. The van der Waals surface area contributed by atoms with Crippen LogP contribution in [0.5, 0.6) is 0 Å². The maximum Gasteiger partial charge on any atom is 0.000969 e. The number of allylic oxidation sites excluding steroid dienone is 7. The minimum atomic E-state index is 0.509. The first-order valence-electron chi connectivity index (χ1n) is 5.92. The van der Waals surface area contributed by atoms with Crippen LogP contribution < -0.4 is 0 Å². The van der Waals surface area contributed by atoms with E-state index in [4.69, 9.17) is 0 Å². The number of hydrogen-bond acceptors (Lipinski definition) is 0. The molecule has 1 aliphatic rings. The zero-order chi connectivity index (χ0) is 11.3. The summed E-state index contributed by atoms with van der Waals surface area (Å²) in [4.78, 5) is 0. The summed E-state index contributed by atoms with van der Waals surface area (Å²) in [5.41, 5.74) is 2.88. The van der Waals surface area contributed by atoms with Gasteiger partial charge in [0.2, 0.25) is 0 Å². The molecule has 1 rings (SSSR count). The standard InChI is InChI=1S/C15H22/c1-5-13(6-2)15-10-8-9-12(4)14(7-3)11-15/h5,8-11,13-14H,1,6-7H2,2-4H3. The van der Waals surface area contributed by atoms with Crippen molar-refractivity contribution in [3.05, 3.63) is 48.1 Å². The third-order valence-electron chi connectivity index (χ3n) is 3.22. The van der Waals surface area contributed by atoms with Gasteiger partial charge in [-0.15, -0.1) is 6.58 Å². The highest BCUT2D eigenvalue weighted by atomic mass is 14.2. The molecule has 0 aromatic heterocycles. The zero-order valence-corrected chi connectivity index (χ0v) is 10.2. The van der Waals surface area contributed by atoms with E-state index >= 15 is 0 Å². The van der Waals surface area contributed by atoms with Crippen molar-refractivity contribution < 1.29 is 0 Å². The molecule has 82 valence electrons. The molecule has 2 atom stereocenters. The predicted octanol–water partition coefficient (Wildman–Crippen LogP) is 4.67. The molecule has 1 aliphatic carbocycles. The van der Waals surface area contributed by atoms with Gasteiger partial charge in [0.05, 0.1) is 0 Å². The van der Waals surface area contributed by atoms with E-state index in [1.54, 1.807) is 0 Å². The quantitative estimate of drug-likeness (QED) is 0.581. The molecule has 0 radical (unpaired) electrons. The Kier molecular flexibility index (Phi) is 4.61. The summed E-state index contributed by atoms with van der Waals surface area (Å²) in [6, 6.07) is 0. The zero-order valence-electron chi connectivity index (χ0n) is 10.2. The van der Waals surface area contributed by atoms with Crippen LogP contribution in [0, 0.1) is 11.8 Å². The van der Waals surface area contributed by atoms with Crippen molar-refractivity contribution in [1.82, 2.24) is 0 Å². The molecule has 0 spiro atoms. The maximum atomic E-state index is 3.92. The molecule has 0 saturated heterocycles. The van der Waals surface area contributed by atoms with E-state index in [0.717, 1.165) is 6.42 Å². The third-order valence-corrected chi connectivity index (χ3v) is 3.22.